The molecule has 3 saturated carbocycles. The van der Waals surface area contributed by atoms with Gasteiger partial charge < -0.3 is 10.6 Å². The van der Waals surface area contributed by atoms with Crippen LogP contribution in [0.4, 0.5) is 5.69 Å². The molecule has 166 valence electrons. The number of amides is 2. The molecule has 7 atom stereocenters. The molecule has 1 aliphatic heterocycles. The first-order valence-electron chi connectivity index (χ1n) is 12.2. The average Bonchev–Trinajstić information content (AvgIpc) is 3.10. The zero-order valence-corrected chi connectivity index (χ0v) is 18.9. The van der Waals surface area contributed by atoms with Crippen molar-refractivity contribution in [2.45, 2.75) is 71.3 Å². The number of hydrogen-bond donors (Lipinski definition) is 2. The van der Waals surface area contributed by atoms with Gasteiger partial charge >= 0.3 is 0 Å². The zero-order valence-electron chi connectivity index (χ0n) is 18.9. The number of benzene rings is 1. The van der Waals surface area contributed by atoms with Gasteiger partial charge in [0.05, 0.1) is 0 Å². The number of carbonyl (C=O) groups is 2. The van der Waals surface area contributed by atoms with Crippen LogP contribution in [0.1, 0.15) is 65.2 Å². The second-order valence-electron chi connectivity index (χ2n) is 11.0. The molecular formula is C27H36N2O2. The van der Waals surface area contributed by atoms with E-state index >= 15 is 0 Å². The molecule has 1 heterocycles. The Labute approximate surface area is 186 Å². The largest absolute Gasteiger partial charge is 0.349 e. The van der Waals surface area contributed by atoms with E-state index in [4.69, 9.17) is 0 Å². The molecule has 0 unspecified atom stereocenters. The number of anilines is 1. The lowest BCUT2D eigenvalue weighted by Crippen LogP contribution is -2.59. The fourth-order valence-corrected chi connectivity index (χ4v) is 7.97. The second-order valence-corrected chi connectivity index (χ2v) is 11.0. The Hall–Kier alpha value is -2.10. The van der Waals surface area contributed by atoms with Crippen molar-refractivity contribution in [3.05, 3.63) is 42.5 Å². The summed E-state index contributed by atoms with van der Waals surface area (Å²) in [5.41, 5.74) is 1.35. The van der Waals surface area contributed by atoms with Crippen LogP contribution in [0.25, 0.3) is 0 Å². The van der Waals surface area contributed by atoms with Crippen LogP contribution in [0.2, 0.25) is 0 Å². The lowest BCUT2D eigenvalue weighted by Gasteiger charge is -2.59. The van der Waals surface area contributed by atoms with Crippen molar-refractivity contribution in [1.29, 1.82) is 0 Å². The summed E-state index contributed by atoms with van der Waals surface area (Å²) in [6.07, 6.45) is 13.0. The summed E-state index contributed by atoms with van der Waals surface area (Å²) in [7, 11) is 0. The number of rotatable bonds is 4. The number of carbonyl (C=O) groups excluding carboxylic acids is 2. The van der Waals surface area contributed by atoms with Crippen LogP contribution in [0.5, 0.6) is 0 Å². The Morgan fingerprint density at radius 3 is 2.68 bits per heavy atom. The molecule has 4 heteroatoms. The third kappa shape index (κ3) is 3.52. The maximum Gasteiger partial charge on any atom is 0.243 e. The highest BCUT2D eigenvalue weighted by atomic mass is 16.2. The normalized spacial score (nSPS) is 41.0. The molecule has 2 N–H and O–H groups in total. The van der Waals surface area contributed by atoms with E-state index in [0.29, 0.717) is 29.7 Å². The van der Waals surface area contributed by atoms with Crippen molar-refractivity contribution in [3.63, 3.8) is 0 Å². The molecule has 31 heavy (non-hydrogen) atoms. The number of hydrogen-bond acceptors (Lipinski definition) is 2. The minimum atomic E-state index is 0.0799. The average molecular weight is 421 g/mol. The van der Waals surface area contributed by atoms with Crippen LogP contribution in [-0.4, -0.2) is 17.9 Å². The van der Waals surface area contributed by atoms with Crippen LogP contribution in [0, 0.1) is 34.5 Å². The van der Waals surface area contributed by atoms with Gasteiger partial charge in [-0.15, -0.1) is 0 Å². The predicted octanol–water partition coefficient (Wildman–Crippen LogP) is 5.32. The predicted molar refractivity (Wildman–Crippen MR) is 123 cm³/mol. The Bertz CT molecular complexity index is 880. The highest BCUT2D eigenvalue weighted by molar-refractivity contribution is 5.90. The van der Waals surface area contributed by atoms with Gasteiger partial charge in [0.15, 0.2) is 0 Å². The molecule has 5 rings (SSSR count). The van der Waals surface area contributed by atoms with E-state index in [0.717, 1.165) is 30.4 Å². The molecule has 1 aromatic carbocycles. The fourth-order valence-electron chi connectivity index (χ4n) is 7.97. The summed E-state index contributed by atoms with van der Waals surface area (Å²) < 4.78 is 0. The molecule has 2 amide bonds. The van der Waals surface area contributed by atoms with Gasteiger partial charge in [0, 0.05) is 23.6 Å². The van der Waals surface area contributed by atoms with Gasteiger partial charge in [0.1, 0.15) is 0 Å². The first-order valence-corrected chi connectivity index (χ1v) is 12.2. The molecule has 1 aromatic rings. The minimum Gasteiger partial charge on any atom is -0.349 e. The Balaban J connectivity index is 1.25. The molecular weight excluding hydrogens is 384 g/mol. The first-order chi connectivity index (χ1) is 14.9. The van der Waals surface area contributed by atoms with Crippen LogP contribution in [0.3, 0.4) is 0 Å². The smallest absolute Gasteiger partial charge is 0.243 e. The van der Waals surface area contributed by atoms with Crippen molar-refractivity contribution in [2.24, 2.45) is 34.5 Å². The minimum absolute atomic E-state index is 0.0799. The summed E-state index contributed by atoms with van der Waals surface area (Å²) in [5.74, 6) is 3.05. The summed E-state index contributed by atoms with van der Waals surface area (Å²) in [5, 5.41) is 6.31. The molecule has 0 aromatic heterocycles. The van der Waals surface area contributed by atoms with Gasteiger partial charge in [-0.25, -0.2) is 0 Å². The standard InChI is InChI=1S/C27H36N2O2/c1-26-16-14-22-20(10-12-23-27(22,2)17-15-25(31)29-23)21(26)11-8-18(26)9-13-24(30)28-19-6-4-3-5-7-19/h3-7,15,17-18,20-23H,8-14,16H2,1-2H3,(H,28,30)(H,29,31)/t18-,20+,21+,22+,23-,26-,27-/m1/s1. The number of para-hydroxylation sites is 1. The highest BCUT2D eigenvalue weighted by Gasteiger charge is 2.59. The fraction of sp³-hybridized carbons (Fsp3) is 0.630. The van der Waals surface area contributed by atoms with Crippen LogP contribution >= 0.6 is 0 Å². The topological polar surface area (TPSA) is 58.2 Å². The SMILES string of the molecule is C[C@]12C=CC(=O)N[C@@H]1CC[C@@H]1[C@@H]2CC[C@]2(C)[C@@H](CCC(=O)Nc3ccccc3)CC[C@@H]12. The molecule has 0 bridgehead atoms. The summed E-state index contributed by atoms with van der Waals surface area (Å²) in [6, 6.07) is 10.1. The quantitative estimate of drug-likeness (QED) is 0.693. The molecule has 3 fully saturated rings. The van der Waals surface area contributed by atoms with E-state index in [9.17, 15) is 9.59 Å². The van der Waals surface area contributed by atoms with Crippen molar-refractivity contribution < 1.29 is 9.59 Å². The van der Waals surface area contributed by atoms with E-state index in [2.05, 4.69) is 30.6 Å². The maximum atomic E-state index is 12.5. The second kappa shape index (κ2) is 7.79. The first kappa shape index (κ1) is 20.8. The van der Waals surface area contributed by atoms with E-state index in [1.807, 2.05) is 30.3 Å². The zero-order chi connectivity index (χ0) is 21.6. The Kier molecular flexibility index (Phi) is 5.22. The third-order valence-corrected chi connectivity index (χ3v) is 9.66. The molecule has 4 nitrogen and oxygen atoms in total. The van der Waals surface area contributed by atoms with Crippen LogP contribution in [0.15, 0.2) is 42.5 Å². The Morgan fingerprint density at radius 1 is 1.06 bits per heavy atom. The number of nitrogens with one attached hydrogen (secondary N) is 2. The van der Waals surface area contributed by atoms with E-state index in [-0.39, 0.29) is 17.2 Å². The molecule has 3 aliphatic carbocycles. The monoisotopic (exact) mass is 420 g/mol. The summed E-state index contributed by atoms with van der Waals surface area (Å²) in [6.45, 7) is 4.90. The van der Waals surface area contributed by atoms with E-state index in [1.165, 1.54) is 32.1 Å². The summed E-state index contributed by atoms with van der Waals surface area (Å²) >= 11 is 0. The summed E-state index contributed by atoms with van der Waals surface area (Å²) in [4.78, 5) is 24.4. The molecule has 0 saturated heterocycles. The van der Waals surface area contributed by atoms with Crippen molar-refractivity contribution >= 4 is 17.5 Å². The molecule has 0 radical (unpaired) electrons. The Morgan fingerprint density at radius 2 is 1.87 bits per heavy atom. The van der Waals surface area contributed by atoms with Crippen molar-refractivity contribution in [3.8, 4) is 0 Å². The molecule has 4 aliphatic rings. The molecule has 0 spiro atoms. The maximum absolute atomic E-state index is 12.5. The van der Waals surface area contributed by atoms with Crippen LogP contribution < -0.4 is 10.6 Å². The highest BCUT2D eigenvalue weighted by Crippen LogP contribution is 2.65. The van der Waals surface area contributed by atoms with Crippen LogP contribution in [-0.2, 0) is 9.59 Å². The van der Waals surface area contributed by atoms with E-state index in [1.54, 1.807) is 6.08 Å². The van der Waals surface area contributed by atoms with Gasteiger partial charge in [-0.2, -0.15) is 0 Å². The van der Waals surface area contributed by atoms with Gasteiger partial charge in [-0.05, 0) is 92.2 Å². The van der Waals surface area contributed by atoms with Crippen molar-refractivity contribution in [2.75, 3.05) is 5.32 Å². The van der Waals surface area contributed by atoms with Gasteiger partial charge in [0.2, 0.25) is 11.8 Å². The number of fused-ring (bicyclic) bond motifs is 5. The lowest BCUT2D eigenvalue weighted by molar-refractivity contribution is -0.123. The van der Waals surface area contributed by atoms with Crippen molar-refractivity contribution in [1.82, 2.24) is 5.32 Å². The van der Waals surface area contributed by atoms with Gasteiger partial charge in [-0.1, -0.05) is 38.1 Å². The van der Waals surface area contributed by atoms with Gasteiger partial charge in [-0.3, -0.25) is 9.59 Å². The third-order valence-electron chi connectivity index (χ3n) is 9.66. The lowest BCUT2D eigenvalue weighted by atomic mass is 9.48. The van der Waals surface area contributed by atoms with E-state index < -0.39 is 0 Å². The van der Waals surface area contributed by atoms with Gasteiger partial charge in [0.25, 0.3) is 0 Å².